The molecule has 0 radical (unpaired) electrons. The van der Waals surface area contributed by atoms with Crippen LogP contribution in [-0.2, 0) is 22.5 Å². The number of methoxy groups -OCH3 is 1. The zero-order valence-electron chi connectivity index (χ0n) is 14.1. The summed E-state index contributed by atoms with van der Waals surface area (Å²) >= 11 is 0. The molecule has 0 aliphatic rings. The molecule has 0 unspecified atom stereocenters. The number of benzene rings is 1. The number of aromatic nitrogens is 2. The van der Waals surface area contributed by atoms with Crippen LogP contribution >= 0.6 is 0 Å². The molecule has 5 heteroatoms. The molecule has 2 rings (SSSR count). The number of aryl methyl sites for hydroxylation is 2. The molecule has 0 saturated heterocycles. The van der Waals surface area contributed by atoms with Gasteiger partial charge < -0.3 is 9.30 Å². The molecule has 1 aromatic heterocycles. The van der Waals surface area contributed by atoms with Crippen molar-refractivity contribution in [1.82, 2.24) is 9.55 Å². The molecular weight excluding hydrogens is 304 g/mol. The van der Waals surface area contributed by atoms with Crippen LogP contribution in [0.3, 0.4) is 0 Å². The fourth-order valence-electron chi connectivity index (χ4n) is 2.54. The first-order valence-corrected chi connectivity index (χ1v) is 8.34. The highest BCUT2D eigenvalue weighted by Crippen LogP contribution is 2.12. The van der Waals surface area contributed by atoms with Gasteiger partial charge >= 0.3 is 5.97 Å². The number of hydrogen-bond acceptors (Lipinski definition) is 4. The van der Waals surface area contributed by atoms with Gasteiger partial charge in [-0.15, -0.1) is 0 Å². The quantitative estimate of drug-likeness (QED) is 0.381. The van der Waals surface area contributed by atoms with E-state index in [1.165, 1.54) is 12.7 Å². The van der Waals surface area contributed by atoms with Gasteiger partial charge in [0.1, 0.15) is 0 Å². The molecule has 1 heterocycles. The fraction of sp³-hybridized carbons (Fsp3) is 0.421. The Labute approximate surface area is 142 Å². The Morgan fingerprint density at radius 2 is 1.88 bits per heavy atom. The molecule has 1 aromatic carbocycles. The average Bonchev–Trinajstić information content (AvgIpc) is 3.13. The lowest BCUT2D eigenvalue weighted by molar-refractivity contribution is -0.140. The molecule has 0 aliphatic carbocycles. The summed E-state index contributed by atoms with van der Waals surface area (Å²) in [6.07, 6.45) is 10.4. The van der Waals surface area contributed by atoms with Gasteiger partial charge in [0.25, 0.3) is 0 Å². The number of ketones is 1. The summed E-state index contributed by atoms with van der Waals surface area (Å²) in [5.74, 6) is -0.372. The minimum absolute atomic E-state index is 0.0210. The molecule has 24 heavy (non-hydrogen) atoms. The average molecular weight is 328 g/mol. The van der Waals surface area contributed by atoms with E-state index in [2.05, 4.69) is 14.3 Å². The predicted molar refractivity (Wildman–Crippen MR) is 91.8 cm³/mol. The van der Waals surface area contributed by atoms with Gasteiger partial charge in [-0.05, 0) is 24.8 Å². The van der Waals surface area contributed by atoms with E-state index in [4.69, 9.17) is 0 Å². The Morgan fingerprint density at radius 3 is 2.54 bits per heavy atom. The lowest BCUT2D eigenvalue weighted by Gasteiger charge is -2.05. The molecule has 0 fully saturated rings. The molecule has 0 N–H and O–H groups in total. The topological polar surface area (TPSA) is 61.2 Å². The standard InChI is InChI=1S/C19H24N2O3/c1-24-19(23)11-10-18(22)17-8-6-16(7-9-17)5-3-2-4-13-21-14-12-20-15-21/h6-9,12,14-15H,2-5,10-11,13H2,1H3. The predicted octanol–water partition coefficient (Wildman–Crippen LogP) is 3.43. The van der Waals surface area contributed by atoms with Crippen LogP contribution in [-0.4, -0.2) is 28.4 Å². The van der Waals surface area contributed by atoms with Gasteiger partial charge in [0.05, 0.1) is 19.9 Å². The molecule has 0 bridgehead atoms. The highest BCUT2D eigenvalue weighted by atomic mass is 16.5. The first-order valence-electron chi connectivity index (χ1n) is 8.34. The minimum Gasteiger partial charge on any atom is -0.469 e. The van der Waals surface area contributed by atoms with Crippen molar-refractivity contribution >= 4 is 11.8 Å². The first kappa shape index (κ1) is 17.9. The fourth-order valence-corrected chi connectivity index (χ4v) is 2.54. The lowest BCUT2D eigenvalue weighted by atomic mass is 10.0. The van der Waals surface area contributed by atoms with Crippen molar-refractivity contribution in [2.45, 2.75) is 45.1 Å². The lowest BCUT2D eigenvalue weighted by Crippen LogP contribution is -2.06. The number of imidazole rings is 1. The molecule has 0 spiro atoms. The van der Waals surface area contributed by atoms with Crippen LogP contribution in [0.25, 0.3) is 0 Å². The third-order valence-corrected chi connectivity index (χ3v) is 4.00. The van der Waals surface area contributed by atoms with Crippen molar-refractivity contribution in [3.05, 3.63) is 54.1 Å². The summed E-state index contributed by atoms with van der Waals surface area (Å²) in [5, 5.41) is 0. The molecule has 128 valence electrons. The van der Waals surface area contributed by atoms with E-state index in [1.54, 1.807) is 6.20 Å². The van der Waals surface area contributed by atoms with Crippen molar-refractivity contribution in [2.75, 3.05) is 7.11 Å². The number of unbranched alkanes of at least 4 members (excludes halogenated alkanes) is 2. The Morgan fingerprint density at radius 1 is 1.08 bits per heavy atom. The first-order chi connectivity index (χ1) is 11.7. The molecule has 2 aromatic rings. The highest BCUT2D eigenvalue weighted by molar-refractivity contribution is 5.97. The number of carbonyl (C=O) groups is 2. The molecule has 0 aliphatic heterocycles. The number of hydrogen-bond donors (Lipinski definition) is 0. The van der Waals surface area contributed by atoms with E-state index in [-0.39, 0.29) is 24.6 Å². The molecular formula is C19H24N2O3. The minimum atomic E-state index is -0.351. The van der Waals surface area contributed by atoms with Gasteiger partial charge in [-0.2, -0.15) is 0 Å². The largest absolute Gasteiger partial charge is 0.469 e. The summed E-state index contributed by atoms with van der Waals surface area (Å²) in [4.78, 5) is 27.1. The van der Waals surface area contributed by atoms with Gasteiger partial charge in [-0.1, -0.05) is 30.7 Å². The van der Waals surface area contributed by atoms with Gasteiger partial charge in [0.2, 0.25) is 0 Å². The monoisotopic (exact) mass is 328 g/mol. The van der Waals surface area contributed by atoms with Gasteiger partial charge in [-0.25, -0.2) is 4.98 Å². The SMILES string of the molecule is COC(=O)CCC(=O)c1ccc(CCCCCn2ccnc2)cc1. The Kier molecular flexibility index (Phi) is 7.21. The van der Waals surface area contributed by atoms with E-state index in [0.29, 0.717) is 5.56 Å². The number of esters is 1. The maximum absolute atomic E-state index is 12.0. The number of rotatable bonds is 10. The molecule has 0 atom stereocenters. The van der Waals surface area contributed by atoms with E-state index >= 15 is 0 Å². The number of ether oxygens (including phenoxy) is 1. The molecule has 5 nitrogen and oxygen atoms in total. The van der Waals surface area contributed by atoms with E-state index in [1.807, 2.05) is 36.8 Å². The summed E-state index contributed by atoms with van der Waals surface area (Å²) in [6, 6.07) is 7.70. The van der Waals surface area contributed by atoms with Crippen LogP contribution < -0.4 is 0 Å². The van der Waals surface area contributed by atoms with E-state index < -0.39 is 0 Å². The molecule has 0 saturated carbocycles. The van der Waals surface area contributed by atoms with Crippen LogP contribution in [0.5, 0.6) is 0 Å². The Balaban J connectivity index is 1.67. The second kappa shape index (κ2) is 9.65. The van der Waals surface area contributed by atoms with E-state index in [9.17, 15) is 9.59 Å². The van der Waals surface area contributed by atoms with Crippen LogP contribution in [0, 0.1) is 0 Å². The maximum Gasteiger partial charge on any atom is 0.305 e. The van der Waals surface area contributed by atoms with Crippen LogP contribution in [0.15, 0.2) is 43.0 Å². The summed E-state index contributed by atoms with van der Waals surface area (Å²) in [6.45, 7) is 1.01. The third kappa shape index (κ3) is 5.99. The van der Waals surface area contributed by atoms with Crippen LogP contribution in [0.1, 0.15) is 48.0 Å². The van der Waals surface area contributed by atoms with Crippen molar-refractivity contribution in [3.8, 4) is 0 Å². The smallest absolute Gasteiger partial charge is 0.305 e. The van der Waals surface area contributed by atoms with Crippen molar-refractivity contribution in [2.24, 2.45) is 0 Å². The van der Waals surface area contributed by atoms with Gasteiger partial charge in [-0.3, -0.25) is 9.59 Å². The summed E-state index contributed by atoms with van der Waals surface area (Å²) in [5.41, 5.74) is 1.89. The van der Waals surface area contributed by atoms with Crippen molar-refractivity contribution in [1.29, 1.82) is 0 Å². The molecule has 0 amide bonds. The van der Waals surface area contributed by atoms with Crippen LogP contribution in [0.4, 0.5) is 0 Å². The third-order valence-electron chi connectivity index (χ3n) is 4.00. The zero-order chi connectivity index (χ0) is 17.2. The Bertz CT molecular complexity index is 633. The summed E-state index contributed by atoms with van der Waals surface area (Å²) in [7, 11) is 1.33. The second-order valence-electron chi connectivity index (χ2n) is 5.81. The Hall–Kier alpha value is -2.43. The zero-order valence-corrected chi connectivity index (χ0v) is 14.1. The van der Waals surface area contributed by atoms with Crippen molar-refractivity contribution in [3.63, 3.8) is 0 Å². The number of Topliss-reactive ketones (excluding diaryl/α,β-unsaturated/α-hetero) is 1. The van der Waals surface area contributed by atoms with Crippen LogP contribution in [0.2, 0.25) is 0 Å². The summed E-state index contributed by atoms with van der Waals surface area (Å²) < 4.78 is 6.64. The highest BCUT2D eigenvalue weighted by Gasteiger charge is 2.09. The van der Waals surface area contributed by atoms with Gasteiger partial charge in [0, 0.05) is 30.9 Å². The van der Waals surface area contributed by atoms with E-state index in [0.717, 1.165) is 32.2 Å². The second-order valence-corrected chi connectivity index (χ2v) is 5.81. The maximum atomic E-state index is 12.0. The van der Waals surface area contributed by atoms with Gasteiger partial charge in [0.15, 0.2) is 5.78 Å². The number of nitrogens with zero attached hydrogens (tertiary/aromatic N) is 2. The normalized spacial score (nSPS) is 10.5. The number of carbonyl (C=O) groups excluding carboxylic acids is 2. The van der Waals surface area contributed by atoms with Crippen molar-refractivity contribution < 1.29 is 14.3 Å².